The number of nitriles is 4. The zero-order valence-corrected chi connectivity index (χ0v) is 28.1. The Balaban J connectivity index is 1.76. The second-order valence-corrected chi connectivity index (χ2v) is 11.3. The number of hydrogen-bond donors (Lipinski definition) is 2. The molecule has 0 amide bonds. The minimum absolute atomic E-state index is 0.0144. The summed E-state index contributed by atoms with van der Waals surface area (Å²) in [5.74, 6) is -2.28. The molecule has 0 saturated carbocycles. The first-order chi connectivity index (χ1) is 25.7. The highest BCUT2D eigenvalue weighted by atomic mass is 16.5. The predicted molar refractivity (Wildman–Crippen MR) is 193 cm³/mol. The van der Waals surface area contributed by atoms with Crippen molar-refractivity contribution < 1.29 is 24.5 Å². The van der Waals surface area contributed by atoms with Gasteiger partial charge in [-0.15, -0.1) is 23.8 Å². The van der Waals surface area contributed by atoms with Gasteiger partial charge in [0.05, 0.1) is 61.3 Å². The van der Waals surface area contributed by atoms with Crippen molar-refractivity contribution in [1.82, 2.24) is 4.90 Å². The third-order valence-corrected chi connectivity index (χ3v) is 8.25. The summed E-state index contributed by atoms with van der Waals surface area (Å²) in [6, 6.07) is 18.6. The maximum absolute atomic E-state index is 11.3. The first-order valence-electron chi connectivity index (χ1n) is 15.9. The number of carbonyl (C=O) groups is 2. The minimum atomic E-state index is -1.14. The highest BCUT2D eigenvalue weighted by molar-refractivity contribution is 5.92. The molecular weight excluding hydrogens is 670 g/mol. The molecule has 258 valence electrons. The van der Waals surface area contributed by atoms with Crippen molar-refractivity contribution >= 4 is 23.1 Å². The van der Waals surface area contributed by atoms with Gasteiger partial charge in [0.25, 0.3) is 5.70 Å². The summed E-state index contributed by atoms with van der Waals surface area (Å²) < 4.78 is 5.57. The molecule has 2 aliphatic rings. The van der Waals surface area contributed by atoms with Gasteiger partial charge in [0.1, 0.15) is 0 Å². The lowest BCUT2D eigenvalue weighted by Crippen LogP contribution is -2.36. The van der Waals surface area contributed by atoms with Crippen molar-refractivity contribution in [3.63, 3.8) is 0 Å². The van der Waals surface area contributed by atoms with Crippen LogP contribution in [0.4, 0.5) is 0 Å². The fraction of sp³-hybridized carbons (Fsp3) is 0.146. The third-order valence-electron chi connectivity index (χ3n) is 8.25. The zero-order valence-electron chi connectivity index (χ0n) is 28.1. The Morgan fingerprint density at radius 2 is 1.43 bits per heavy atom. The highest BCUT2D eigenvalue weighted by Crippen LogP contribution is 2.36. The number of nitrogens with zero attached hydrogens (tertiary/aromatic N) is 7. The van der Waals surface area contributed by atoms with E-state index in [2.05, 4.69) is 26.7 Å². The van der Waals surface area contributed by atoms with Gasteiger partial charge >= 0.3 is 11.9 Å². The van der Waals surface area contributed by atoms with Gasteiger partial charge in [-0.1, -0.05) is 54.1 Å². The van der Waals surface area contributed by atoms with E-state index in [4.69, 9.17) is 17.9 Å². The Bertz CT molecular complexity index is 2250. The van der Waals surface area contributed by atoms with Crippen LogP contribution in [0, 0.1) is 64.5 Å². The minimum Gasteiger partial charge on any atom is -0.478 e. The summed E-state index contributed by atoms with van der Waals surface area (Å²) in [6.45, 7) is 17.3. The van der Waals surface area contributed by atoms with Gasteiger partial charge in [-0.3, -0.25) is 0 Å². The molecule has 1 aliphatic carbocycles. The van der Waals surface area contributed by atoms with Crippen molar-refractivity contribution in [2.45, 2.75) is 12.8 Å². The molecule has 2 aromatic carbocycles. The van der Waals surface area contributed by atoms with Crippen LogP contribution in [0.15, 0.2) is 119 Å². The smallest absolute Gasteiger partial charge is 0.335 e. The fourth-order valence-electron chi connectivity index (χ4n) is 5.78. The number of hydrogen-bond acceptors (Lipinski definition) is 8. The molecule has 53 heavy (non-hydrogen) atoms. The van der Waals surface area contributed by atoms with Gasteiger partial charge in [0, 0.05) is 24.4 Å². The zero-order chi connectivity index (χ0) is 38.3. The van der Waals surface area contributed by atoms with E-state index in [1.807, 2.05) is 24.3 Å². The summed E-state index contributed by atoms with van der Waals surface area (Å²) in [4.78, 5) is 31.5. The number of morpholine rings is 1. The molecule has 0 aromatic heterocycles. The van der Waals surface area contributed by atoms with Gasteiger partial charge in [-0.2, -0.15) is 10.8 Å². The molecule has 4 rings (SSSR count). The molecule has 0 unspecified atom stereocenters. The Morgan fingerprint density at radius 1 is 0.830 bits per heavy atom. The van der Waals surface area contributed by atoms with E-state index in [-0.39, 0.29) is 45.2 Å². The Hall–Kier alpha value is -7.87. The van der Waals surface area contributed by atoms with Crippen LogP contribution in [-0.4, -0.2) is 53.4 Å². The second kappa shape index (κ2) is 18.2. The number of aromatic carboxylic acids is 2. The standard InChI is InChI=1S/C41H28N7O5/c1-46-35(25-44)37(27-9-15-31(16-10-27)40(49)50)33(23-42)7-3-5-29-13-14-30(39(29)48-19-21-53-22-20-48)6-4-8-34(24-43)38(36(26-45)47-2)28-11-17-32(18-12-28)41(51)52/h3-12,15-18H,13-14,19-22H2,(H,49,50)(H,51,52)/q-1/b5-3+,8-4+,30-6+,33-7+,37-35+,38-34+. The molecule has 12 heteroatoms. The summed E-state index contributed by atoms with van der Waals surface area (Å²) >= 11 is 0. The monoisotopic (exact) mass is 698 g/mol. The van der Waals surface area contributed by atoms with E-state index < -0.39 is 11.9 Å². The van der Waals surface area contributed by atoms with E-state index in [0.717, 1.165) is 16.8 Å². The summed E-state index contributed by atoms with van der Waals surface area (Å²) in [6.07, 6.45) is 11.3. The number of rotatable bonds is 11. The fourth-order valence-corrected chi connectivity index (χ4v) is 5.78. The first kappa shape index (κ1) is 37.9. The largest absolute Gasteiger partial charge is 0.478 e. The third kappa shape index (κ3) is 9.03. The average Bonchev–Trinajstić information content (AvgIpc) is 3.59. The van der Waals surface area contributed by atoms with Crippen molar-refractivity contribution in [2.75, 3.05) is 26.3 Å². The normalized spacial score (nSPS) is 16.1. The van der Waals surface area contributed by atoms with Crippen LogP contribution in [-0.2, 0) is 4.74 Å². The van der Waals surface area contributed by atoms with Crippen LogP contribution >= 0.6 is 0 Å². The summed E-state index contributed by atoms with van der Waals surface area (Å²) in [5.41, 5.74) is 3.49. The van der Waals surface area contributed by atoms with E-state index in [1.165, 1.54) is 60.7 Å². The quantitative estimate of drug-likeness (QED) is 0.140. The Labute approximate surface area is 306 Å². The first-order valence-corrected chi connectivity index (χ1v) is 15.9. The molecular formula is C41H28N7O5-. The lowest BCUT2D eigenvalue weighted by molar-refractivity contribution is 0.0547. The molecule has 2 N–H and O–H groups in total. The van der Waals surface area contributed by atoms with Crippen molar-refractivity contribution in [2.24, 2.45) is 0 Å². The molecule has 0 radical (unpaired) electrons. The Morgan fingerprint density at radius 3 is 1.94 bits per heavy atom. The summed E-state index contributed by atoms with van der Waals surface area (Å²) in [7, 11) is 0. The molecule has 2 aromatic rings. The van der Waals surface area contributed by atoms with Gasteiger partial charge in [-0.25, -0.2) is 35.1 Å². The van der Waals surface area contributed by atoms with Crippen molar-refractivity contribution in [1.29, 1.82) is 21.0 Å². The van der Waals surface area contributed by atoms with E-state index >= 15 is 0 Å². The van der Waals surface area contributed by atoms with Crippen molar-refractivity contribution in [3.8, 4) is 24.3 Å². The molecule has 1 aliphatic heterocycles. The van der Waals surface area contributed by atoms with Crippen LogP contribution in [0.1, 0.15) is 44.7 Å². The molecule has 0 spiro atoms. The van der Waals surface area contributed by atoms with Crippen molar-refractivity contribution in [3.05, 3.63) is 170 Å². The second-order valence-electron chi connectivity index (χ2n) is 11.3. The number of benzene rings is 2. The molecule has 12 nitrogen and oxygen atoms in total. The van der Waals surface area contributed by atoms with Crippen LogP contribution in [0.5, 0.6) is 0 Å². The van der Waals surface area contributed by atoms with Gasteiger partial charge in [0.15, 0.2) is 0 Å². The van der Waals surface area contributed by atoms with Gasteiger partial charge in [0.2, 0.25) is 6.04 Å². The average molecular weight is 699 g/mol. The van der Waals surface area contributed by atoms with Crippen LogP contribution < -0.4 is 0 Å². The van der Waals surface area contributed by atoms with Crippen LogP contribution in [0.2, 0.25) is 0 Å². The van der Waals surface area contributed by atoms with Crippen LogP contribution in [0.25, 0.3) is 20.8 Å². The highest BCUT2D eigenvalue weighted by Gasteiger charge is 2.25. The molecule has 0 bridgehead atoms. The van der Waals surface area contributed by atoms with E-state index in [1.54, 1.807) is 12.2 Å². The number of carboxylic acid groups (broad SMARTS) is 2. The van der Waals surface area contributed by atoms with Gasteiger partial charge in [-0.05, 0) is 53.8 Å². The van der Waals surface area contributed by atoms with E-state index in [0.29, 0.717) is 50.3 Å². The molecule has 1 saturated heterocycles. The molecule has 1 fully saturated rings. The maximum Gasteiger partial charge on any atom is 0.335 e. The lowest BCUT2D eigenvalue weighted by Gasteiger charge is -2.31. The molecule has 1 heterocycles. The predicted octanol–water partition coefficient (Wildman–Crippen LogP) is 7.06. The summed E-state index contributed by atoms with van der Waals surface area (Å²) in [5, 5.41) is 58.0. The van der Waals surface area contributed by atoms with Gasteiger partial charge < -0.3 is 19.8 Å². The number of carboxylic acids is 2. The van der Waals surface area contributed by atoms with E-state index in [9.17, 15) is 40.8 Å². The number of ether oxygens (including phenoxy) is 1. The molecule has 0 atom stereocenters. The lowest BCUT2D eigenvalue weighted by atomic mass is 9.93. The number of allylic oxidation sites excluding steroid dienone is 12. The maximum atomic E-state index is 11.3. The Kier molecular flexibility index (Phi) is 13.0. The van der Waals surface area contributed by atoms with Crippen LogP contribution in [0.3, 0.4) is 0 Å². The topological polar surface area (TPSA) is 191 Å². The SMILES string of the molecule is [C-]#[N+]/C(C#N)=C(/C(C#N)=C/C=C/C1=C(N2CCOCC2)C(=C/C=C/C(C#N)=C(/c2ccc(C(=O)O)cc2)[C-](C#N)[N+]#[C-])/CC1)c1ccc(C(=O)O)cc1.